The minimum absolute atomic E-state index is 0.125. The highest BCUT2D eigenvalue weighted by Crippen LogP contribution is 2.29. The van der Waals surface area contributed by atoms with Crippen LogP contribution in [-0.2, 0) is 0 Å². The molecule has 100 valence electrons. The number of halogens is 1. The van der Waals surface area contributed by atoms with Crippen molar-refractivity contribution in [3.8, 4) is 0 Å². The van der Waals surface area contributed by atoms with Crippen LogP contribution >= 0.6 is 15.9 Å². The summed E-state index contributed by atoms with van der Waals surface area (Å²) in [6.45, 7) is 7.30. The summed E-state index contributed by atoms with van der Waals surface area (Å²) < 4.78 is 1.04. The number of nitrogens with zero attached hydrogens (tertiary/aromatic N) is 1. The highest BCUT2D eigenvalue weighted by Gasteiger charge is 2.18. The molecule has 0 aliphatic carbocycles. The molecule has 3 heteroatoms. The van der Waals surface area contributed by atoms with Gasteiger partial charge < -0.3 is 5.32 Å². The quantitative estimate of drug-likeness (QED) is 0.915. The molecule has 0 saturated carbocycles. The van der Waals surface area contributed by atoms with Gasteiger partial charge in [0.2, 0.25) is 0 Å². The maximum absolute atomic E-state index is 4.54. The van der Waals surface area contributed by atoms with Crippen LogP contribution in [0, 0.1) is 13.8 Å². The number of hydrogen-bond donors (Lipinski definition) is 1. The highest BCUT2D eigenvalue weighted by atomic mass is 79.9. The smallest absolute Gasteiger partial charge is 0.0765 e. The van der Waals surface area contributed by atoms with Gasteiger partial charge in [-0.1, -0.05) is 30.7 Å². The Morgan fingerprint density at radius 1 is 1.26 bits per heavy atom. The third-order valence-corrected chi connectivity index (χ3v) is 3.88. The van der Waals surface area contributed by atoms with E-state index in [-0.39, 0.29) is 6.04 Å². The van der Waals surface area contributed by atoms with Gasteiger partial charge in [-0.2, -0.15) is 0 Å². The van der Waals surface area contributed by atoms with Crippen molar-refractivity contribution < 1.29 is 0 Å². The Bertz CT molecular complexity index is 566. The second kappa shape index (κ2) is 6.31. The van der Waals surface area contributed by atoms with Crippen molar-refractivity contribution in [3.05, 3.63) is 63.4 Å². The predicted octanol–water partition coefficient (Wildman–Crippen LogP) is 4.16. The molecule has 0 radical (unpaired) electrons. The second-order valence-electron chi connectivity index (χ2n) is 4.72. The maximum atomic E-state index is 4.54. The normalized spacial score (nSPS) is 12.4. The Labute approximate surface area is 123 Å². The number of benzene rings is 1. The van der Waals surface area contributed by atoms with Crippen LogP contribution in [0.2, 0.25) is 0 Å². The molecule has 0 fully saturated rings. The third-order valence-electron chi connectivity index (χ3n) is 3.21. The molecular weight excluding hydrogens is 300 g/mol. The molecule has 0 aliphatic heterocycles. The Kier molecular flexibility index (Phi) is 4.72. The summed E-state index contributed by atoms with van der Waals surface area (Å²) in [6, 6.07) is 10.7. The third kappa shape index (κ3) is 3.23. The van der Waals surface area contributed by atoms with Crippen molar-refractivity contribution in [2.24, 2.45) is 0 Å². The largest absolute Gasteiger partial charge is 0.305 e. The summed E-state index contributed by atoms with van der Waals surface area (Å²) in [4.78, 5) is 4.54. The van der Waals surface area contributed by atoms with Gasteiger partial charge in [0.25, 0.3) is 0 Å². The molecule has 2 nitrogen and oxygen atoms in total. The zero-order valence-electron chi connectivity index (χ0n) is 11.6. The van der Waals surface area contributed by atoms with Crippen LogP contribution in [-0.4, -0.2) is 11.5 Å². The molecule has 0 amide bonds. The molecular formula is C16H19BrN2. The van der Waals surface area contributed by atoms with E-state index >= 15 is 0 Å². The molecule has 1 unspecified atom stereocenters. The van der Waals surface area contributed by atoms with Crippen molar-refractivity contribution in [2.45, 2.75) is 26.8 Å². The Hall–Kier alpha value is -1.19. The van der Waals surface area contributed by atoms with Gasteiger partial charge in [0, 0.05) is 10.7 Å². The molecule has 1 atom stereocenters. The summed E-state index contributed by atoms with van der Waals surface area (Å²) in [5, 5.41) is 3.53. The summed E-state index contributed by atoms with van der Waals surface area (Å²) in [6.07, 6.45) is 1.84. The van der Waals surface area contributed by atoms with E-state index in [0.717, 1.165) is 16.7 Å². The standard InChI is InChI=1S/C16H19BrN2/c1-4-18-15(16-14(17)6-5-9-19-16)13-10-11(2)7-8-12(13)3/h5-10,15,18H,4H2,1-3H3. The van der Waals surface area contributed by atoms with E-state index in [2.05, 4.69) is 65.2 Å². The molecule has 2 rings (SSSR count). The van der Waals surface area contributed by atoms with Crippen molar-refractivity contribution >= 4 is 15.9 Å². The number of rotatable bonds is 4. The zero-order valence-corrected chi connectivity index (χ0v) is 13.2. The summed E-state index contributed by atoms with van der Waals surface area (Å²) in [5.74, 6) is 0. The fourth-order valence-electron chi connectivity index (χ4n) is 2.24. The van der Waals surface area contributed by atoms with Gasteiger partial charge in [-0.05, 0) is 59.6 Å². The first kappa shape index (κ1) is 14.2. The van der Waals surface area contributed by atoms with Gasteiger partial charge in [0.15, 0.2) is 0 Å². The lowest BCUT2D eigenvalue weighted by atomic mass is 9.96. The molecule has 2 aromatic rings. The molecule has 1 aromatic heterocycles. The fourth-order valence-corrected chi connectivity index (χ4v) is 2.72. The zero-order chi connectivity index (χ0) is 13.8. The van der Waals surface area contributed by atoms with E-state index in [4.69, 9.17) is 0 Å². The van der Waals surface area contributed by atoms with Crippen LogP contribution in [0.5, 0.6) is 0 Å². The van der Waals surface area contributed by atoms with Crippen LogP contribution in [0.3, 0.4) is 0 Å². The van der Waals surface area contributed by atoms with Crippen molar-refractivity contribution in [2.75, 3.05) is 6.54 Å². The number of aromatic nitrogens is 1. The van der Waals surface area contributed by atoms with Gasteiger partial charge in [-0.15, -0.1) is 0 Å². The summed E-state index contributed by atoms with van der Waals surface area (Å²) in [7, 11) is 0. The summed E-state index contributed by atoms with van der Waals surface area (Å²) in [5.41, 5.74) is 4.89. The van der Waals surface area contributed by atoms with Crippen molar-refractivity contribution in [1.82, 2.24) is 10.3 Å². The first-order chi connectivity index (χ1) is 9.13. The average molecular weight is 319 g/mol. The van der Waals surface area contributed by atoms with Crippen LogP contribution in [0.15, 0.2) is 41.0 Å². The molecule has 19 heavy (non-hydrogen) atoms. The molecule has 1 heterocycles. The van der Waals surface area contributed by atoms with Crippen molar-refractivity contribution in [1.29, 1.82) is 0 Å². The topological polar surface area (TPSA) is 24.9 Å². The maximum Gasteiger partial charge on any atom is 0.0765 e. The fraction of sp³-hybridized carbons (Fsp3) is 0.312. The van der Waals surface area contributed by atoms with Gasteiger partial charge >= 0.3 is 0 Å². The average Bonchev–Trinajstić information content (AvgIpc) is 2.40. The molecule has 0 spiro atoms. The predicted molar refractivity (Wildman–Crippen MR) is 83.4 cm³/mol. The van der Waals surface area contributed by atoms with Crippen LogP contribution in [0.4, 0.5) is 0 Å². The number of aryl methyl sites for hydroxylation is 2. The van der Waals surface area contributed by atoms with Crippen LogP contribution < -0.4 is 5.32 Å². The molecule has 1 aromatic carbocycles. The first-order valence-corrected chi connectivity index (χ1v) is 7.33. The monoisotopic (exact) mass is 318 g/mol. The minimum atomic E-state index is 0.125. The molecule has 0 saturated heterocycles. The SMILES string of the molecule is CCNC(c1cc(C)ccc1C)c1ncccc1Br. The lowest BCUT2D eigenvalue weighted by Crippen LogP contribution is -2.24. The lowest BCUT2D eigenvalue weighted by molar-refractivity contribution is 0.610. The van der Waals surface area contributed by atoms with Crippen LogP contribution in [0.25, 0.3) is 0 Å². The van der Waals surface area contributed by atoms with E-state index in [1.165, 1.54) is 16.7 Å². The van der Waals surface area contributed by atoms with Gasteiger partial charge in [0.05, 0.1) is 11.7 Å². The minimum Gasteiger partial charge on any atom is -0.305 e. The molecule has 0 bridgehead atoms. The highest BCUT2D eigenvalue weighted by molar-refractivity contribution is 9.10. The van der Waals surface area contributed by atoms with E-state index in [0.29, 0.717) is 0 Å². The Morgan fingerprint density at radius 3 is 2.74 bits per heavy atom. The summed E-state index contributed by atoms with van der Waals surface area (Å²) >= 11 is 3.60. The molecule has 1 N–H and O–H groups in total. The Balaban J connectivity index is 2.51. The van der Waals surface area contributed by atoms with Gasteiger partial charge in [0.1, 0.15) is 0 Å². The van der Waals surface area contributed by atoms with E-state index in [9.17, 15) is 0 Å². The Morgan fingerprint density at radius 2 is 2.05 bits per heavy atom. The van der Waals surface area contributed by atoms with Crippen LogP contribution in [0.1, 0.15) is 35.3 Å². The lowest BCUT2D eigenvalue weighted by Gasteiger charge is -2.21. The number of pyridine rings is 1. The number of nitrogens with one attached hydrogen (secondary N) is 1. The van der Waals surface area contributed by atoms with E-state index in [1.54, 1.807) is 0 Å². The molecule has 0 aliphatic rings. The van der Waals surface area contributed by atoms with Crippen molar-refractivity contribution in [3.63, 3.8) is 0 Å². The van der Waals surface area contributed by atoms with Gasteiger partial charge in [-0.25, -0.2) is 0 Å². The van der Waals surface area contributed by atoms with Gasteiger partial charge in [-0.3, -0.25) is 4.98 Å². The second-order valence-corrected chi connectivity index (χ2v) is 5.58. The van der Waals surface area contributed by atoms with E-state index < -0.39 is 0 Å². The van der Waals surface area contributed by atoms with E-state index in [1.807, 2.05) is 18.3 Å². The first-order valence-electron chi connectivity index (χ1n) is 6.54. The number of hydrogen-bond acceptors (Lipinski definition) is 2.